The number of rotatable bonds is 8. The molecule has 1 spiro atoms. The molecule has 3 amide bonds. The molecule has 3 aliphatic rings. The van der Waals surface area contributed by atoms with E-state index >= 15 is 0 Å². The number of hydrogen-bond acceptors (Lipinski definition) is 7. The lowest BCUT2D eigenvalue weighted by atomic mass is 9.90. The van der Waals surface area contributed by atoms with Crippen molar-refractivity contribution < 1.29 is 23.9 Å². The molecule has 17 heteroatoms. The van der Waals surface area contributed by atoms with Crippen molar-refractivity contribution in [2.75, 3.05) is 26.8 Å². The van der Waals surface area contributed by atoms with Gasteiger partial charge in [0.2, 0.25) is 11.8 Å². The number of fused-ring (bicyclic) bond motifs is 1. The lowest BCUT2D eigenvalue weighted by Crippen LogP contribution is -2.51. The zero-order valence-corrected chi connectivity index (χ0v) is 41.4. The van der Waals surface area contributed by atoms with Gasteiger partial charge in [0, 0.05) is 36.6 Å². The van der Waals surface area contributed by atoms with E-state index in [1.807, 2.05) is 73.0 Å². The van der Waals surface area contributed by atoms with Crippen molar-refractivity contribution in [2.24, 2.45) is 23.2 Å². The maximum Gasteiger partial charge on any atom is 0.407 e. The molecule has 2 aromatic carbocycles. The van der Waals surface area contributed by atoms with Gasteiger partial charge >= 0.3 is 6.09 Å². The highest BCUT2D eigenvalue weighted by atomic mass is 32.1. The Kier molecular flexibility index (Phi) is 19.2. The molecular formula is C44H65N7O5S5. The molecule has 0 bridgehead atoms. The van der Waals surface area contributed by atoms with Gasteiger partial charge < -0.3 is 34.6 Å². The Morgan fingerprint density at radius 3 is 2.10 bits per heavy atom. The largest absolute Gasteiger partial charge is 0.453 e. The summed E-state index contributed by atoms with van der Waals surface area (Å²) in [6.07, 6.45) is 4.64. The van der Waals surface area contributed by atoms with Crippen molar-refractivity contribution in [2.45, 2.75) is 97.9 Å². The summed E-state index contributed by atoms with van der Waals surface area (Å²) in [4.78, 5) is 60.1. The van der Waals surface area contributed by atoms with Crippen LogP contribution in [0.4, 0.5) is 4.79 Å². The molecule has 3 saturated heterocycles. The summed E-state index contributed by atoms with van der Waals surface area (Å²) in [6, 6.07) is 12.9. The Balaban J connectivity index is 0.00000256. The van der Waals surface area contributed by atoms with Gasteiger partial charge in [0.05, 0.1) is 54.3 Å². The number of hydrogen-bond donors (Lipinski definition) is 3. The number of nitrogens with zero attached hydrogens (tertiary/aromatic N) is 4. The molecule has 61 heavy (non-hydrogen) atoms. The van der Waals surface area contributed by atoms with Crippen molar-refractivity contribution in [1.29, 1.82) is 0 Å². The van der Waals surface area contributed by atoms with Crippen LogP contribution in [0, 0.1) is 35.0 Å². The summed E-state index contributed by atoms with van der Waals surface area (Å²) < 4.78 is 11.0. The first-order chi connectivity index (χ1) is 26.7. The minimum atomic E-state index is -0.709. The van der Waals surface area contributed by atoms with E-state index in [2.05, 4.69) is 54.8 Å². The van der Waals surface area contributed by atoms with E-state index in [0.717, 1.165) is 71.5 Å². The summed E-state index contributed by atoms with van der Waals surface area (Å²) in [7, 11) is 1.30. The lowest BCUT2D eigenvalue weighted by molar-refractivity contribution is -0.138. The lowest BCUT2D eigenvalue weighted by Gasteiger charge is -2.30. The van der Waals surface area contributed by atoms with Crippen LogP contribution < -0.4 is 5.32 Å². The average molecular weight is 932 g/mol. The Hall–Kier alpha value is -3.40. The molecule has 336 valence electrons. The molecule has 7 rings (SSSR count). The first-order valence-electron chi connectivity index (χ1n) is 19.9. The molecule has 3 fully saturated rings. The number of carbonyl (C=O) groups is 3. The number of nitrogens with one attached hydrogen (secondary N) is 3. The van der Waals surface area contributed by atoms with Crippen molar-refractivity contribution in [3.05, 3.63) is 71.4 Å². The maximum atomic E-state index is 13.8. The number of amides is 3. The SMILES string of the molecule is COC(=O)N[C@H](C(=O)N1CC(C)(C)C[C@H]1c1ncc(-c2ccc(C#Cc3ccc4nc([C@@H]5C[C@@]6(CCCO6)CN5C(=O)[C@@H](C)C(C)C)[nH]c4c3)cc2)[nH]1)C(C)C.S.S.S.S.S. The molecule has 4 aromatic rings. The number of imidazole rings is 2. The third kappa shape index (κ3) is 11.6. The van der Waals surface area contributed by atoms with Gasteiger partial charge in [0.25, 0.3) is 0 Å². The molecule has 5 heterocycles. The van der Waals surface area contributed by atoms with Crippen LogP contribution in [0.3, 0.4) is 0 Å². The van der Waals surface area contributed by atoms with Crippen LogP contribution >= 0.6 is 67.5 Å². The topological polar surface area (TPSA) is 146 Å². The number of likely N-dealkylation sites (tertiary alicyclic amines) is 2. The second-order valence-electron chi connectivity index (χ2n) is 17.4. The minimum absolute atomic E-state index is 0. The smallest absolute Gasteiger partial charge is 0.407 e. The fourth-order valence-corrected chi connectivity index (χ4v) is 8.43. The maximum absolute atomic E-state index is 13.8. The number of aromatic nitrogens is 4. The molecule has 0 radical (unpaired) electrons. The molecule has 5 atom stereocenters. The molecule has 3 N–H and O–H groups in total. The molecule has 3 aliphatic heterocycles. The van der Waals surface area contributed by atoms with Crippen LogP contribution in [0.2, 0.25) is 0 Å². The van der Waals surface area contributed by atoms with Crippen LogP contribution in [0.15, 0.2) is 48.7 Å². The van der Waals surface area contributed by atoms with E-state index in [9.17, 15) is 14.4 Å². The van der Waals surface area contributed by atoms with Gasteiger partial charge in [-0.05, 0) is 72.4 Å². The Morgan fingerprint density at radius 2 is 1.48 bits per heavy atom. The highest BCUT2D eigenvalue weighted by molar-refractivity contribution is 7.60. The van der Waals surface area contributed by atoms with E-state index < -0.39 is 12.1 Å². The fourth-order valence-electron chi connectivity index (χ4n) is 8.43. The highest BCUT2D eigenvalue weighted by Gasteiger charge is 2.51. The summed E-state index contributed by atoms with van der Waals surface area (Å²) in [5.41, 5.74) is 4.84. The standard InChI is InChI=1S/C44H55N7O5.5H2S/c1-26(2)28(5)40(52)51-25-44(18-9-19-56-44)22-36(51)39-46-32-17-14-30(20-33(32)47-39)11-10-29-12-15-31(16-13-29)34-23-45-38(48-34)35-21-43(6,7)24-50(35)41(53)37(27(3)4)49-42(54)55-8;;;;;/h12-17,20,23,26-28,35-37H,9,18-19,21-22,24-25H2,1-8H3,(H,45,48)(H,46,47)(H,49,54);5*1H2/t28-,35-,36-,37-,44-;;;;;/m0...../s1. The predicted molar refractivity (Wildman–Crippen MR) is 266 cm³/mol. The molecule has 0 unspecified atom stereocenters. The zero-order chi connectivity index (χ0) is 39.9. The van der Waals surface area contributed by atoms with Crippen LogP contribution in [-0.4, -0.2) is 86.1 Å². The summed E-state index contributed by atoms with van der Waals surface area (Å²) in [6.45, 7) is 16.2. The van der Waals surface area contributed by atoms with E-state index in [1.165, 1.54) is 7.11 Å². The Morgan fingerprint density at radius 1 is 0.836 bits per heavy atom. The highest BCUT2D eigenvalue weighted by Crippen LogP contribution is 2.46. The summed E-state index contributed by atoms with van der Waals surface area (Å²) >= 11 is 0. The first kappa shape index (κ1) is 53.7. The predicted octanol–water partition coefficient (Wildman–Crippen LogP) is 7.71. The van der Waals surface area contributed by atoms with Crippen LogP contribution in [-0.2, 0) is 19.1 Å². The van der Waals surface area contributed by atoms with Gasteiger partial charge in [-0.2, -0.15) is 67.5 Å². The van der Waals surface area contributed by atoms with E-state index in [1.54, 1.807) is 6.20 Å². The number of methoxy groups -OCH3 is 1. The second-order valence-corrected chi connectivity index (χ2v) is 17.4. The fraction of sp³-hybridized carbons (Fsp3) is 0.523. The molecule has 0 saturated carbocycles. The quantitative estimate of drug-likeness (QED) is 0.154. The normalized spacial score (nSPS) is 21.0. The third-order valence-corrected chi connectivity index (χ3v) is 11.9. The average Bonchev–Trinajstić information content (AvgIpc) is 4.02. The number of carbonyl (C=O) groups excluding carboxylic acids is 3. The number of benzene rings is 2. The zero-order valence-electron chi connectivity index (χ0n) is 36.4. The Labute approximate surface area is 395 Å². The number of H-pyrrole nitrogens is 2. The molecule has 2 aromatic heterocycles. The number of ether oxygens (including phenoxy) is 2. The number of aromatic amines is 2. The van der Waals surface area contributed by atoms with Crippen LogP contribution in [0.5, 0.6) is 0 Å². The number of alkyl carbamates (subject to hydrolysis) is 1. The van der Waals surface area contributed by atoms with Crippen molar-refractivity contribution in [3.63, 3.8) is 0 Å². The van der Waals surface area contributed by atoms with Gasteiger partial charge in [-0.1, -0.05) is 72.4 Å². The molecular weight excluding hydrogens is 867 g/mol. The molecule has 12 nitrogen and oxygen atoms in total. The molecule has 0 aliphatic carbocycles. The van der Waals surface area contributed by atoms with Gasteiger partial charge in [-0.3, -0.25) is 9.59 Å². The van der Waals surface area contributed by atoms with E-state index in [-0.39, 0.29) is 120 Å². The first-order valence-corrected chi connectivity index (χ1v) is 19.9. The van der Waals surface area contributed by atoms with Gasteiger partial charge in [-0.15, -0.1) is 0 Å². The van der Waals surface area contributed by atoms with Crippen molar-refractivity contribution >= 4 is 96.4 Å². The van der Waals surface area contributed by atoms with E-state index in [4.69, 9.17) is 19.4 Å². The van der Waals surface area contributed by atoms with Crippen LogP contribution in [0.25, 0.3) is 22.3 Å². The van der Waals surface area contributed by atoms with Crippen LogP contribution in [0.1, 0.15) is 109 Å². The summed E-state index contributed by atoms with van der Waals surface area (Å²) in [5, 5.41) is 2.72. The van der Waals surface area contributed by atoms with Gasteiger partial charge in [0.15, 0.2) is 0 Å². The van der Waals surface area contributed by atoms with E-state index in [0.29, 0.717) is 18.9 Å². The summed E-state index contributed by atoms with van der Waals surface area (Å²) in [5.74, 6) is 8.17. The van der Waals surface area contributed by atoms with Gasteiger partial charge in [0.1, 0.15) is 17.7 Å². The van der Waals surface area contributed by atoms with Gasteiger partial charge in [-0.25, -0.2) is 14.8 Å². The Bertz CT molecular complexity index is 2180. The third-order valence-electron chi connectivity index (χ3n) is 11.9. The van der Waals surface area contributed by atoms with Crippen molar-refractivity contribution in [3.8, 4) is 23.1 Å². The monoisotopic (exact) mass is 931 g/mol. The second kappa shape index (κ2) is 21.8. The minimum Gasteiger partial charge on any atom is -0.453 e. The van der Waals surface area contributed by atoms with Crippen molar-refractivity contribution in [1.82, 2.24) is 35.1 Å².